The predicted octanol–water partition coefficient (Wildman–Crippen LogP) is 2.30. The van der Waals surface area contributed by atoms with E-state index in [-0.39, 0.29) is 18.5 Å². The number of amides is 1. The molecule has 1 aromatic carbocycles. The quantitative estimate of drug-likeness (QED) is 0.219. The highest BCUT2D eigenvalue weighted by Gasteiger charge is 2.23. The number of nitrogens with two attached hydrogens (primary N) is 2. The standard InChI is InChI=1S/C20H20N8O2S/c1-28-16(19(29)25-8-10-3-2-4-14(23)12(10)6-21)13(7-22)17-18(28)27-15(31-17)5-11-9-30-20(24)26-11/h2-4,6-7,9,21-22H,5,8,23H2,1H3,(H2,24,26)(H,25,29). The first-order valence-corrected chi connectivity index (χ1v) is 10.1. The number of nitrogens with zero attached hydrogens (tertiary/aromatic N) is 3. The molecule has 0 spiro atoms. The van der Waals surface area contributed by atoms with Crippen LogP contribution in [0.4, 0.5) is 11.7 Å². The molecule has 0 saturated carbocycles. The van der Waals surface area contributed by atoms with Gasteiger partial charge in [-0.1, -0.05) is 12.1 Å². The Hall–Kier alpha value is -3.99. The molecule has 3 heterocycles. The molecule has 0 aliphatic heterocycles. The van der Waals surface area contributed by atoms with Crippen molar-refractivity contribution in [3.8, 4) is 0 Å². The van der Waals surface area contributed by atoms with E-state index in [4.69, 9.17) is 26.7 Å². The van der Waals surface area contributed by atoms with Crippen LogP contribution in [0, 0.1) is 10.8 Å². The van der Waals surface area contributed by atoms with E-state index >= 15 is 0 Å². The number of hydrogen-bond donors (Lipinski definition) is 5. The van der Waals surface area contributed by atoms with Crippen LogP contribution in [-0.2, 0) is 20.0 Å². The highest BCUT2D eigenvalue weighted by Crippen LogP contribution is 2.31. The van der Waals surface area contributed by atoms with Gasteiger partial charge in [-0.3, -0.25) is 4.79 Å². The maximum absolute atomic E-state index is 13.0. The molecule has 0 aliphatic carbocycles. The lowest BCUT2D eigenvalue weighted by Gasteiger charge is -2.11. The number of thiazole rings is 1. The predicted molar refractivity (Wildman–Crippen MR) is 120 cm³/mol. The van der Waals surface area contributed by atoms with Gasteiger partial charge < -0.3 is 36.6 Å². The Morgan fingerprint density at radius 2 is 2.03 bits per heavy atom. The number of fused-ring (bicyclic) bond motifs is 1. The summed E-state index contributed by atoms with van der Waals surface area (Å²) in [5.74, 6) is -0.338. The molecule has 4 rings (SSSR count). The van der Waals surface area contributed by atoms with E-state index in [1.807, 2.05) is 6.07 Å². The molecule has 1 amide bonds. The third-order valence-corrected chi connectivity index (χ3v) is 5.96. The highest BCUT2D eigenvalue weighted by molar-refractivity contribution is 7.19. The van der Waals surface area contributed by atoms with Crippen molar-refractivity contribution in [3.05, 3.63) is 57.5 Å². The van der Waals surface area contributed by atoms with Crippen LogP contribution in [0.15, 0.2) is 28.9 Å². The summed E-state index contributed by atoms with van der Waals surface area (Å²) in [6.45, 7) is 0.205. The number of nitrogens with one attached hydrogen (secondary N) is 3. The Balaban J connectivity index is 1.61. The first-order chi connectivity index (χ1) is 14.9. The summed E-state index contributed by atoms with van der Waals surface area (Å²) in [5, 5.41) is 19.1. The molecule has 0 atom stereocenters. The summed E-state index contributed by atoms with van der Waals surface area (Å²) < 4.78 is 7.45. The fourth-order valence-corrected chi connectivity index (χ4v) is 4.54. The van der Waals surface area contributed by atoms with Crippen molar-refractivity contribution in [2.75, 3.05) is 11.5 Å². The third kappa shape index (κ3) is 3.66. The molecular weight excluding hydrogens is 416 g/mol. The molecule has 7 N–H and O–H groups in total. The minimum atomic E-state index is -0.338. The molecule has 0 saturated heterocycles. The topological polar surface area (TPSA) is 173 Å². The smallest absolute Gasteiger partial charge is 0.292 e. The highest BCUT2D eigenvalue weighted by atomic mass is 32.1. The summed E-state index contributed by atoms with van der Waals surface area (Å²) in [6.07, 6.45) is 4.26. The Labute approximate surface area is 180 Å². The van der Waals surface area contributed by atoms with E-state index in [0.29, 0.717) is 40.3 Å². The minimum absolute atomic E-state index is 0.0987. The number of nitrogen functional groups attached to an aromatic ring is 2. The molecule has 0 radical (unpaired) electrons. The lowest BCUT2D eigenvalue weighted by Crippen LogP contribution is -2.26. The van der Waals surface area contributed by atoms with Gasteiger partial charge in [-0.25, -0.2) is 4.98 Å². The van der Waals surface area contributed by atoms with Crippen molar-refractivity contribution in [3.63, 3.8) is 0 Å². The van der Waals surface area contributed by atoms with Crippen LogP contribution in [0.5, 0.6) is 0 Å². The Bertz CT molecular complexity index is 1320. The summed E-state index contributed by atoms with van der Waals surface area (Å²) >= 11 is 1.40. The molecule has 158 valence electrons. The van der Waals surface area contributed by atoms with Crippen LogP contribution in [0.2, 0.25) is 0 Å². The number of hydrogen-bond acceptors (Lipinski definition) is 9. The first-order valence-electron chi connectivity index (χ1n) is 9.27. The maximum Gasteiger partial charge on any atom is 0.292 e. The monoisotopic (exact) mass is 436 g/mol. The van der Waals surface area contributed by atoms with Crippen LogP contribution in [0.25, 0.3) is 10.3 Å². The SMILES string of the molecule is Cn1c(C(=O)NCc2cccc(N)c2C=N)c(C=N)c2sc(Cc3coc(N)n3)nc21. The van der Waals surface area contributed by atoms with Crippen LogP contribution in [-0.4, -0.2) is 32.9 Å². The molecular formula is C20H20N8O2S. The molecule has 0 bridgehead atoms. The van der Waals surface area contributed by atoms with E-state index in [0.717, 1.165) is 21.5 Å². The van der Waals surface area contributed by atoms with E-state index in [1.54, 1.807) is 23.7 Å². The second-order valence-corrected chi connectivity index (χ2v) is 7.91. The van der Waals surface area contributed by atoms with Crippen LogP contribution in [0.1, 0.15) is 37.9 Å². The molecule has 3 aromatic heterocycles. The summed E-state index contributed by atoms with van der Waals surface area (Å²) in [5.41, 5.74) is 15.3. The number of benzene rings is 1. The molecule has 31 heavy (non-hydrogen) atoms. The number of carbonyl (C=O) groups is 1. The van der Waals surface area contributed by atoms with Gasteiger partial charge in [0, 0.05) is 49.3 Å². The second-order valence-electron chi connectivity index (χ2n) is 6.83. The van der Waals surface area contributed by atoms with Crippen molar-refractivity contribution < 1.29 is 9.21 Å². The zero-order valence-electron chi connectivity index (χ0n) is 16.6. The van der Waals surface area contributed by atoms with Crippen molar-refractivity contribution in [2.24, 2.45) is 7.05 Å². The zero-order chi connectivity index (χ0) is 22.1. The average Bonchev–Trinajstić information content (AvgIpc) is 3.41. The van der Waals surface area contributed by atoms with Gasteiger partial charge >= 0.3 is 0 Å². The average molecular weight is 437 g/mol. The molecule has 4 aromatic rings. The van der Waals surface area contributed by atoms with Crippen LogP contribution in [0.3, 0.4) is 0 Å². The van der Waals surface area contributed by atoms with E-state index in [9.17, 15) is 4.79 Å². The Kier molecular flexibility index (Phi) is 5.26. The molecule has 0 fully saturated rings. The molecule has 0 unspecified atom stereocenters. The number of rotatable bonds is 7. The van der Waals surface area contributed by atoms with Gasteiger partial charge in [0.2, 0.25) is 0 Å². The fourth-order valence-electron chi connectivity index (χ4n) is 3.42. The number of carbonyl (C=O) groups excluding carboxylic acids is 1. The van der Waals surface area contributed by atoms with Gasteiger partial charge in [-0.2, -0.15) is 4.98 Å². The van der Waals surface area contributed by atoms with Gasteiger partial charge in [0.25, 0.3) is 11.9 Å². The van der Waals surface area contributed by atoms with Crippen LogP contribution >= 0.6 is 11.3 Å². The molecule has 0 aliphatic rings. The largest absolute Gasteiger partial charge is 0.432 e. The maximum atomic E-state index is 13.0. The zero-order valence-corrected chi connectivity index (χ0v) is 17.4. The number of aromatic nitrogens is 3. The van der Waals surface area contributed by atoms with Crippen molar-refractivity contribution in [1.82, 2.24) is 19.9 Å². The van der Waals surface area contributed by atoms with Crippen molar-refractivity contribution in [1.29, 1.82) is 10.8 Å². The van der Waals surface area contributed by atoms with Gasteiger partial charge in [-0.05, 0) is 11.6 Å². The van der Waals surface area contributed by atoms with Crippen molar-refractivity contribution in [2.45, 2.75) is 13.0 Å². The summed E-state index contributed by atoms with van der Waals surface area (Å²) in [6, 6.07) is 5.39. The van der Waals surface area contributed by atoms with Gasteiger partial charge in [-0.15, -0.1) is 11.3 Å². The summed E-state index contributed by atoms with van der Waals surface area (Å²) in [4.78, 5) is 21.7. The minimum Gasteiger partial charge on any atom is -0.432 e. The number of anilines is 2. The van der Waals surface area contributed by atoms with E-state index < -0.39 is 0 Å². The van der Waals surface area contributed by atoms with Gasteiger partial charge in [0.1, 0.15) is 17.0 Å². The van der Waals surface area contributed by atoms with E-state index in [2.05, 4.69) is 15.3 Å². The lowest BCUT2D eigenvalue weighted by molar-refractivity contribution is 0.0943. The Morgan fingerprint density at radius 3 is 2.71 bits per heavy atom. The number of oxazole rings is 1. The molecule has 11 heteroatoms. The number of aryl methyl sites for hydroxylation is 1. The molecule has 10 nitrogen and oxygen atoms in total. The van der Waals surface area contributed by atoms with Crippen molar-refractivity contribution >= 4 is 51.7 Å². The summed E-state index contributed by atoms with van der Waals surface area (Å²) in [7, 11) is 1.74. The third-order valence-electron chi connectivity index (χ3n) is 4.88. The normalized spacial score (nSPS) is 11.0. The van der Waals surface area contributed by atoms with Gasteiger partial charge in [0.15, 0.2) is 5.65 Å². The Morgan fingerprint density at radius 1 is 1.26 bits per heavy atom. The van der Waals surface area contributed by atoms with Crippen LogP contribution < -0.4 is 16.8 Å². The van der Waals surface area contributed by atoms with E-state index in [1.165, 1.54) is 23.8 Å². The lowest BCUT2D eigenvalue weighted by atomic mass is 10.1. The first kappa shape index (κ1) is 20.3. The van der Waals surface area contributed by atoms with Gasteiger partial charge in [0.05, 0.1) is 10.4 Å². The fraction of sp³-hybridized carbons (Fsp3) is 0.150. The second kappa shape index (κ2) is 8.03.